The summed E-state index contributed by atoms with van der Waals surface area (Å²) >= 11 is 0. The van der Waals surface area contributed by atoms with Gasteiger partial charge in [-0.1, -0.05) is 0 Å². The van der Waals surface area contributed by atoms with Gasteiger partial charge in [-0.2, -0.15) is 0 Å². The van der Waals surface area contributed by atoms with Crippen LogP contribution in [0.3, 0.4) is 0 Å². The summed E-state index contributed by atoms with van der Waals surface area (Å²) in [6, 6.07) is 4.13. The highest BCUT2D eigenvalue weighted by Crippen LogP contribution is 2.15. The van der Waals surface area contributed by atoms with Crippen molar-refractivity contribution in [3.63, 3.8) is 0 Å². The normalized spacial score (nSPS) is 12.1. The third-order valence-corrected chi connectivity index (χ3v) is 3.38. The minimum absolute atomic E-state index is 0.0783. The Morgan fingerprint density at radius 3 is 2.80 bits per heavy atom. The molecule has 0 saturated carbocycles. The minimum Gasteiger partial charge on any atom is -0.408 e. The Morgan fingerprint density at radius 2 is 2.13 bits per heavy atom. The molecule has 0 fully saturated rings. The monoisotopic (exact) mass is 228 g/mol. The van der Waals surface area contributed by atoms with Crippen molar-refractivity contribution in [2.45, 2.75) is 4.90 Å². The highest BCUT2D eigenvalue weighted by atomic mass is 32.2. The molecule has 0 spiro atoms. The summed E-state index contributed by atoms with van der Waals surface area (Å²) in [5, 5.41) is 0. The SMILES string of the molecule is CNS(=O)(=O)c1ccc2oc(=O)[nH]c2c1. The number of benzene rings is 1. The van der Waals surface area contributed by atoms with Crippen LogP contribution in [0.1, 0.15) is 0 Å². The summed E-state index contributed by atoms with van der Waals surface area (Å²) < 4.78 is 29.8. The molecule has 0 saturated heterocycles. The van der Waals surface area contributed by atoms with Gasteiger partial charge in [-0.3, -0.25) is 4.98 Å². The summed E-state index contributed by atoms with van der Waals surface area (Å²) in [6.07, 6.45) is 0. The summed E-state index contributed by atoms with van der Waals surface area (Å²) in [4.78, 5) is 13.3. The molecule has 0 radical (unpaired) electrons. The van der Waals surface area contributed by atoms with Crippen molar-refractivity contribution < 1.29 is 12.8 Å². The lowest BCUT2D eigenvalue weighted by molar-refractivity contribution is 0.555. The molecule has 15 heavy (non-hydrogen) atoms. The number of hydrogen-bond donors (Lipinski definition) is 2. The van der Waals surface area contributed by atoms with E-state index in [1.165, 1.54) is 25.2 Å². The van der Waals surface area contributed by atoms with E-state index in [1.807, 2.05) is 0 Å². The number of hydrogen-bond acceptors (Lipinski definition) is 4. The molecule has 2 N–H and O–H groups in total. The lowest BCUT2D eigenvalue weighted by Gasteiger charge is -2.00. The van der Waals surface area contributed by atoms with Crippen LogP contribution in [0.4, 0.5) is 0 Å². The van der Waals surface area contributed by atoms with Gasteiger partial charge in [0.2, 0.25) is 10.0 Å². The van der Waals surface area contributed by atoms with Gasteiger partial charge in [0.15, 0.2) is 5.58 Å². The van der Waals surface area contributed by atoms with Crippen LogP contribution in [-0.2, 0) is 10.0 Å². The van der Waals surface area contributed by atoms with Crippen LogP contribution >= 0.6 is 0 Å². The zero-order chi connectivity index (χ0) is 11.1. The van der Waals surface area contributed by atoms with Crippen molar-refractivity contribution in [3.8, 4) is 0 Å². The van der Waals surface area contributed by atoms with Crippen molar-refractivity contribution >= 4 is 21.1 Å². The molecule has 1 aromatic heterocycles. The molecule has 0 aliphatic heterocycles. The first kappa shape index (κ1) is 9.94. The molecule has 0 aliphatic carbocycles. The molecule has 0 bridgehead atoms. The molecule has 0 atom stereocenters. The van der Waals surface area contributed by atoms with Crippen LogP contribution in [0, 0.1) is 0 Å². The lowest BCUT2D eigenvalue weighted by Crippen LogP contribution is -2.18. The zero-order valence-electron chi connectivity index (χ0n) is 7.77. The van der Waals surface area contributed by atoms with Gasteiger partial charge >= 0.3 is 5.76 Å². The largest absolute Gasteiger partial charge is 0.417 e. The number of fused-ring (bicyclic) bond motifs is 1. The van der Waals surface area contributed by atoms with E-state index in [4.69, 9.17) is 4.42 Å². The quantitative estimate of drug-likeness (QED) is 0.758. The van der Waals surface area contributed by atoms with Crippen molar-refractivity contribution in [2.75, 3.05) is 7.05 Å². The second-order valence-electron chi connectivity index (χ2n) is 2.88. The van der Waals surface area contributed by atoms with E-state index in [0.717, 1.165) is 0 Å². The van der Waals surface area contributed by atoms with E-state index in [-0.39, 0.29) is 4.90 Å². The van der Waals surface area contributed by atoms with Gasteiger partial charge < -0.3 is 4.42 Å². The van der Waals surface area contributed by atoms with Gasteiger partial charge in [-0.05, 0) is 25.2 Å². The van der Waals surface area contributed by atoms with Gasteiger partial charge in [0, 0.05) is 0 Å². The Labute approximate surface area is 85.0 Å². The minimum atomic E-state index is -3.49. The van der Waals surface area contributed by atoms with Crippen LogP contribution < -0.4 is 10.5 Å². The molecule has 1 aromatic carbocycles. The second-order valence-corrected chi connectivity index (χ2v) is 4.77. The molecule has 2 aromatic rings. The number of H-pyrrole nitrogens is 1. The molecule has 2 rings (SSSR count). The third-order valence-electron chi connectivity index (χ3n) is 1.97. The van der Waals surface area contributed by atoms with E-state index < -0.39 is 15.8 Å². The fourth-order valence-corrected chi connectivity index (χ4v) is 1.97. The summed E-state index contributed by atoms with van der Waals surface area (Å²) in [5.41, 5.74) is 0.686. The van der Waals surface area contributed by atoms with Crippen molar-refractivity contribution in [1.82, 2.24) is 9.71 Å². The predicted octanol–water partition coefficient (Wildman–Crippen LogP) is 0.0292. The molecular weight excluding hydrogens is 220 g/mol. The topological polar surface area (TPSA) is 92.2 Å². The maximum Gasteiger partial charge on any atom is 0.417 e. The fraction of sp³-hybridized carbons (Fsp3) is 0.125. The van der Waals surface area contributed by atoms with Gasteiger partial charge in [0.1, 0.15) is 0 Å². The first-order valence-corrected chi connectivity index (χ1v) is 5.58. The number of nitrogens with one attached hydrogen (secondary N) is 2. The molecule has 0 unspecified atom stereocenters. The number of aromatic nitrogens is 1. The van der Waals surface area contributed by atoms with Crippen LogP contribution in [0.5, 0.6) is 0 Å². The van der Waals surface area contributed by atoms with Crippen LogP contribution in [0.25, 0.3) is 11.1 Å². The first-order valence-electron chi connectivity index (χ1n) is 4.09. The zero-order valence-corrected chi connectivity index (χ0v) is 8.59. The number of rotatable bonds is 2. The van der Waals surface area contributed by atoms with Gasteiger partial charge in [-0.15, -0.1) is 0 Å². The lowest BCUT2D eigenvalue weighted by atomic mass is 10.3. The molecular formula is C8H8N2O4S. The summed E-state index contributed by atoms with van der Waals surface area (Å²) in [7, 11) is -2.18. The third kappa shape index (κ3) is 1.66. The Morgan fingerprint density at radius 1 is 1.40 bits per heavy atom. The standard InChI is InChI=1S/C8H8N2O4S/c1-9-15(12,13)5-2-3-7-6(4-5)10-8(11)14-7/h2-4,9H,1H3,(H,10,11). The number of sulfonamides is 1. The molecule has 1 heterocycles. The summed E-state index contributed by atoms with van der Waals surface area (Å²) in [6.45, 7) is 0. The van der Waals surface area contributed by atoms with Crippen LogP contribution in [-0.4, -0.2) is 20.4 Å². The van der Waals surface area contributed by atoms with E-state index in [1.54, 1.807) is 0 Å². The van der Waals surface area contributed by atoms with Crippen LogP contribution in [0.15, 0.2) is 32.3 Å². The number of oxazole rings is 1. The number of aromatic amines is 1. The van der Waals surface area contributed by atoms with Crippen molar-refractivity contribution in [3.05, 3.63) is 28.7 Å². The van der Waals surface area contributed by atoms with Crippen LogP contribution in [0.2, 0.25) is 0 Å². The molecule has 80 valence electrons. The first-order chi connectivity index (χ1) is 7.03. The highest BCUT2D eigenvalue weighted by molar-refractivity contribution is 7.89. The molecule has 0 aliphatic rings. The Kier molecular flexibility index (Phi) is 2.13. The van der Waals surface area contributed by atoms with Gasteiger partial charge in [0.05, 0.1) is 10.4 Å². The maximum atomic E-state index is 11.4. The van der Waals surface area contributed by atoms with E-state index >= 15 is 0 Å². The van der Waals surface area contributed by atoms with E-state index in [0.29, 0.717) is 11.1 Å². The van der Waals surface area contributed by atoms with E-state index in [9.17, 15) is 13.2 Å². The highest BCUT2D eigenvalue weighted by Gasteiger charge is 2.12. The van der Waals surface area contributed by atoms with E-state index in [2.05, 4.69) is 9.71 Å². The molecule has 0 amide bonds. The van der Waals surface area contributed by atoms with Crippen molar-refractivity contribution in [1.29, 1.82) is 0 Å². The molecule has 6 nitrogen and oxygen atoms in total. The second kappa shape index (κ2) is 3.21. The summed E-state index contributed by atoms with van der Waals surface area (Å²) in [5.74, 6) is -0.607. The Bertz CT molecular complexity index is 653. The van der Waals surface area contributed by atoms with Crippen molar-refractivity contribution in [2.24, 2.45) is 0 Å². The Hall–Kier alpha value is -1.60. The average molecular weight is 228 g/mol. The predicted molar refractivity (Wildman–Crippen MR) is 53.1 cm³/mol. The average Bonchev–Trinajstić information content (AvgIpc) is 2.56. The fourth-order valence-electron chi connectivity index (χ4n) is 1.22. The van der Waals surface area contributed by atoms with Gasteiger partial charge in [0.25, 0.3) is 0 Å². The maximum absolute atomic E-state index is 11.4. The van der Waals surface area contributed by atoms with Gasteiger partial charge in [-0.25, -0.2) is 17.9 Å². The molecule has 7 heteroatoms. The Balaban J connectivity index is 2.71. The smallest absolute Gasteiger partial charge is 0.408 e.